The van der Waals surface area contributed by atoms with Crippen molar-refractivity contribution in [2.75, 3.05) is 13.1 Å². The zero-order valence-corrected chi connectivity index (χ0v) is 17.0. The average molecular weight is 392 g/mol. The van der Waals surface area contributed by atoms with E-state index >= 15 is 0 Å². The molecule has 1 aromatic carbocycles. The van der Waals surface area contributed by atoms with Crippen molar-refractivity contribution < 1.29 is 4.79 Å². The lowest BCUT2D eigenvalue weighted by molar-refractivity contribution is -0.131. The molecule has 0 saturated carbocycles. The fourth-order valence-electron chi connectivity index (χ4n) is 3.90. The van der Waals surface area contributed by atoms with Crippen molar-refractivity contribution >= 4 is 17.2 Å². The molecule has 0 N–H and O–H groups in total. The highest BCUT2D eigenvalue weighted by Gasteiger charge is 2.26. The topological polar surface area (TPSA) is 46.1 Å². The highest BCUT2D eigenvalue weighted by Crippen LogP contribution is 2.30. The first-order chi connectivity index (χ1) is 13.7. The van der Waals surface area contributed by atoms with Crippen LogP contribution in [0, 0.1) is 6.92 Å². The number of hydrogen-bond acceptors (Lipinski definition) is 4. The number of carbonyl (C=O) groups excluding carboxylic acids is 1. The number of likely N-dealkylation sites (tertiary alicyclic amines) is 1. The minimum absolute atomic E-state index is 0.236. The maximum atomic E-state index is 12.6. The summed E-state index contributed by atoms with van der Waals surface area (Å²) in [6.07, 6.45) is 5.29. The van der Waals surface area contributed by atoms with E-state index in [4.69, 9.17) is 4.98 Å². The minimum atomic E-state index is 0.236. The normalized spacial score (nSPS) is 15.0. The number of hydrogen-bond donors (Lipinski definition) is 0. The number of nitrogens with zero attached hydrogens (tertiary/aromatic N) is 3. The summed E-state index contributed by atoms with van der Waals surface area (Å²) >= 11 is 1.64. The van der Waals surface area contributed by atoms with Crippen LogP contribution >= 0.6 is 11.3 Å². The van der Waals surface area contributed by atoms with E-state index in [2.05, 4.69) is 34.6 Å². The summed E-state index contributed by atoms with van der Waals surface area (Å²) in [6.45, 7) is 3.57. The van der Waals surface area contributed by atoms with Crippen molar-refractivity contribution in [1.82, 2.24) is 14.9 Å². The van der Waals surface area contributed by atoms with Crippen molar-refractivity contribution in [3.05, 3.63) is 81.6 Å². The van der Waals surface area contributed by atoms with Crippen LogP contribution < -0.4 is 0 Å². The van der Waals surface area contributed by atoms with E-state index in [9.17, 15) is 4.79 Å². The van der Waals surface area contributed by atoms with Gasteiger partial charge in [-0.15, -0.1) is 0 Å². The smallest absolute Gasteiger partial charge is 0.227 e. The van der Waals surface area contributed by atoms with Crippen LogP contribution in [0.25, 0.3) is 0 Å². The quantitative estimate of drug-likeness (QED) is 0.648. The molecule has 0 spiro atoms. The molecular weight excluding hydrogens is 366 g/mol. The molecule has 3 heterocycles. The van der Waals surface area contributed by atoms with Crippen LogP contribution in [0.3, 0.4) is 0 Å². The van der Waals surface area contributed by atoms with E-state index in [0.717, 1.165) is 43.7 Å². The van der Waals surface area contributed by atoms with Crippen molar-refractivity contribution in [3.63, 3.8) is 0 Å². The van der Waals surface area contributed by atoms with Gasteiger partial charge in [0.05, 0.1) is 12.1 Å². The predicted molar refractivity (Wildman–Crippen MR) is 113 cm³/mol. The maximum absolute atomic E-state index is 12.6. The number of carbonyl (C=O) groups is 1. The van der Waals surface area contributed by atoms with Crippen LogP contribution in [0.2, 0.25) is 0 Å². The number of piperidine rings is 1. The van der Waals surface area contributed by atoms with Gasteiger partial charge in [-0.05, 0) is 53.3 Å². The fourth-order valence-corrected chi connectivity index (χ4v) is 4.57. The molecule has 144 valence electrons. The molecule has 1 amide bonds. The van der Waals surface area contributed by atoms with Gasteiger partial charge in [-0.2, -0.15) is 11.3 Å². The molecule has 4 nitrogen and oxygen atoms in total. The molecule has 0 radical (unpaired) electrons. The van der Waals surface area contributed by atoms with Crippen molar-refractivity contribution in [2.24, 2.45) is 0 Å². The Balaban J connectivity index is 1.44. The monoisotopic (exact) mass is 391 g/mol. The third-order valence-electron chi connectivity index (χ3n) is 5.43. The SMILES string of the molecule is Cc1ncc(Cc2ccccc2)c(C2CCN(C(=O)Cc3ccsc3)CC2)n1. The molecule has 0 unspecified atom stereocenters. The highest BCUT2D eigenvalue weighted by molar-refractivity contribution is 7.08. The molecule has 4 rings (SSSR count). The summed E-state index contributed by atoms with van der Waals surface area (Å²) in [5.41, 5.74) is 4.77. The number of benzene rings is 1. The molecule has 0 aliphatic carbocycles. The molecule has 1 saturated heterocycles. The second-order valence-electron chi connectivity index (χ2n) is 7.45. The summed E-state index contributed by atoms with van der Waals surface area (Å²) < 4.78 is 0. The number of aromatic nitrogens is 2. The molecule has 2 aromatic heterocycles. The summed E-state index contributed by atoms with van der Waals surface area (Å²) in [7, 11) is 0. The molecule has 5 heteroatoms. The second kappa shape index (κ2) is 8.65. The molecule has 1 fully saturated rings. The Morgan fingerprint density at radius 3 is 2.64 bits per heavy atom. The molecule has 28 heavy (non-hydrogen) atoms. The Morgan fingerprint density at radius 2 is 1.93 bits per heavy atom. The lowest BCUT2D eigenvalue weighted by atomic mass is 9.89. The van der Waals surface area contributed by atoms with Crippen molar-refractivity contribution in [3.8, 4) is 0 Å². The van der Waals surface area contributed by atoms with Gasteiger partial charge >= 0.3 is 0 Å². The highest BCUT2D eigenvalue weighted by atomic mass is 32.1. The first-order valence-corrected chi connectivity index (χ1v) is 10.8. The molecule has 3 aromatic rings. The minimum Gasteiger partial charge on any atom is -0.342 e. The number of rotatable bonds is 5. The molecule has 1 aliphatic heterocycles. The summed E-state index contributed by atoms with van der Waals surface area (Å²) in [6, 6.07) is 12.5. The van der Waals surface area contributed by atoms with Gasteiger partial charge < -0.3 is 4.90 Å². The lowest BCUT2D eigenvalue weighted by Gasteiger charge is -2.32. The van der Waals surface area contributed by atoms with E-state index in [-0.39, 0.29) is 5.91 Å². The Hall–Kier alpha value is -2.53. The molecule has 0 bridgehead atoms. The standard InChI is InChI=1S/C23H25N3OS/c1-17-24-15-21(13-18-5-3-2-4-6-18)23(25-17)20-7-10-26(11-8-20)22(27)14-19-9-12-28-16-19/h2-6,9,12,15-16,20H,7-8,10-11,13-14H2,1H3. The zero-order chi connectivity index (χ0) is 19.3. The second-order valence-corrected chi connectivity index (χ2v) is 8.23. The first-order valence-electron chi connectivity index (χ1n) is 9.84. The van der Waals surface area contributed by atoms with Crippen LogP contribution in [0.15, 0.2) is 53.4 Å². The number of amides is 1. The molecular formula is C23H25N3OS. The van der Waals surface area contributed by atoms with E-state index in [1.54, 1.807) is 11.3 Å². The first kappa shape index (κ1) is 18.8. The van der Waals surface area contributed by atoms with Crippen LogP contribution in [0.1, 0.15) is 47.0 Å². The number of aryl methyl sites for hydroxylation is 1. The lowest BCUT2D eigenvalue weighted by Crippen LogP contribution is -2.39. The molecule has 1 aliphatic rings. The third-order valence-corrected chi connectivity index (χ3v) is 6.16. The predicted octanol–water partition coefficient (Wildman–Crippen LogP) is 4.39. The maximum Gasteiger partial charge on any atom is 0.227 e. The fraction of sp³-hybridized carbons (Fsp3) is 0.348. The summed E-state index contributed by atoms with van der Waals surface area (Å²) in [5.74, 6) is 1.45. The third kappa shape index (κ3) is 4.47. The van der Waals surface area contributed by atoms with Gasteiger partial charge in [0.15, 0.2) is 0 Å². The average Bonchev–Trinajstić information content (AvgIpc) is 3.23. The Labute approximate surface area is 170 Å². The van der Waals surface area contributed by atoms with Crippen LogP contribution in [-0.4, -0.2) is 33.9 Å². The Kier molecular flexibility index (Phi) is 5.81. The zero-order valence-electron chi connectivity index (χ0n) is 16.2. The van der Waals surface area contributed by atoms with Gasteiger partial charge in [0.1, 0.15) is 5.82 Å². The van der Waals surface area contributed by atoms with Gasteiger partial charge in [-0.1, -0.05) is 30.3 Å². The van der Waals surface area contributed by atoms with Crippen LogP contribution in [-0.2, 0) is 17.6 Å². The van der Waals surface area contributed by atoms with E-state index in [0.29, 0.717) is 12.3 Å². The van der Waals surface area contributed by atoms with E-state index < -0.39 is 0 Å². The Bertz CT molecular complexity index is 916. The number of thiophene rings is 1. The van der Waals surface area contributed by atoms with Gasteiger partial charge in [0, 0.05) is 31.6 Å². The largest absolute Gasteiger partial charge is 0.342 e. The van der Waals surface area contributed by atoms with Crippen LogP contribution in [0.5, 0.6) is 0 Å². The van der Waals surface area contributed by atoms with Crippen molar-refractivity contribution in [1.29, 1.82) is 0 Å². The van der Waals surface area contributed by atoms with Gasteiger partial charge in [0.25, 0.3) is 0 Å². The van der Waals surface area contributed by atoms with Gasteiger partial charge in [0.2, 0.25) is 5.91 Å². The molecule has 0 atom stereocenters. The van der Waals surface area contributed by atoms with Gasteiger partial charge in [-0.3, -0.25) is 4.79 Å². The van der Waals surface area contributed by atoms with Crippen molar-refractivity contribution in [2.45, 2.75) is 38.5 Å². The van der Waals surface area contributed by atoms with E-state index in [1.165, 1.54) is 16.8 Å². The summed E-state index contributed by atoms with van der Waals surface area (Å²) in [4.78, 5) is 23.8. The van der Waals surface area contributed by atoms with Gasteiger partial charge in [-0.25, -0.2) is 9.97 Å². The van der Waals surface area contributed by atoms with Crippen LogP contribution in [0.4, 0.5) is 0 Å². The van der Waals surface area contributed by atoms with E-state index in [1.807, 2.05) is 35.5 Å². The Morgan fingerprint density at radius 1 is 1.14 bits per heavy atom. The summed E-state index contributed by atoms with van der Waals surface area (Å²) in [5, 5.41) is 4.09.